The zero-order chi connectivity index (χ0) is 14.7. The summed E-state index contributed by atoms with van der Waals surface area (Å²) in [4.78, 5) is 10.5. The van der Waals surface area contributed by atoms with Crippen molar-refractivity contribution in [3.8, 4) is 0 Å². The van der Waals surface area contributed by atoms with Gasteiger partial charge in [0, 0.05) is 12.6 Å². The molecule has 2 aromatic rings. The maximum Gasteiger partial charge on any atom is 0.292 e. The number of hydrogen-bond acceptors (Lipinski definition) is 3. The Morgan fingerprint density at radius 2 is 2.10 bits per heavy atom. The molecule has 0 radical (unpaired) electrons. The molecule has 0 saturated heterocycles. The van der Waals surface area contributed by atoms with E-state index in [0.717, 1.165) is 11.1 Å². The van der Waals surface area contributed by atoms with Gasteiger partial charge in [-0.15, -0.1) is 0 Å². The van der Waals surface area contributed by atoms with E-state index in [1.807, 2.05) is 0 Å². The fourth-order valence-electron chi connectivity index (χ4n) is 1.87. The molecule has 0 aliphatic rings. The normalized spacial score (nSPS) is 10.3. The highest BCUT2D eigenvalue weighted by Crippen LogP contribution is 2.28. The van der Waals surface area contributed by atoms with E-state index >= 15 is 0 Å². The van der Waals surface area contributed by atoms with Gasteiger partial charge in [0.1, 0.15) is 11.5 Å². The summed E-state index contributed by atoms with van der Waals surface area (Å²) in [7, 11) is 0. The molecule has 0 heterocycles. The number of rotatable bonds is 4. The maximum absolute atomic E-state index is 13.1. The number of hydrogen-bond donors (Lipinski definition) is 1. The molecule has 0 bridgehead atoms. The minimum absolute atomic E-state index is 0.0122. The molecule has 4 nitrogen and oxygen atoms in total. The highest BCUT2D eigenvalue weighted by molar-refractivity contribution is 6.30. The summed E-state index contributed by atoms with van der Waals surface area (Å²) in [5, 5.41) is 14.0. The van der Waals surface area contributed by atoms with Crippen molar-refractivity contribution in [1.29, 1.82) is 0 Å². The van der Waals surface area contributed by atoms with Crippen molar-refractivity contribution in [2.45, 2.75) is 13.5 Å². The lowest BCUT2D eigenvalue weighted by atomic mass is 10.1. The largest absolute Gasteiger partial charge is 0.375 e. The van der Waals surface area contributed by atoms with Crippen LogP contribution in [0.25, 0.3) is 0 Å². The summed E-state index contributed by atoms with van der Waals surface area (Å²) in [5.74, 6) is -0.489. The number of halogens is 2. The van der Waals surface area contributed by atoms with Gasteiger partial charge in [0.25, 0.3) is 5.69 Å². The number of nitrogens with one attached hydrogen (secondary N) is 1. The van der Waals surface area contributed by atoms with Crippen LogP contribution in [0.3, 0.4) is 0 Å². The molecule has 6 heteroatoms. The number of nitro benzene ring substituents is 1. The number of nitro groups is 1. The predicted molar refractivity (Wildman–Crippen MR) is 76.6 cm³/mol. The third kappa shape index (κ3) is 3.05. The van der Waals surface area contributed by atoms with Crippen molar-refractivity contribution >= 4 is 23.0 Å². The number of para-hydroxylation sites is 1. The van der Waals surface area contributed by atoms with Gasteiger partial charge in [-0.25, -0.2) is 4.39 Å². The van der Waals surface area contributed by atoms with E-state index in [0.29, 0.717) is 12.2 Å². The van der Waals surface area contributed by atoms with Crippen LogP contribution in [-0.4, -0.2) is 4.92 Å². The van der Waals surface area contributed by atoms with Gasteiger partial charge in [-0.3, -0.25) is 10.1 Å². The second kappa shape index (κ2) is 5.88. The number of nitrogens with zero attached hydrogens (tertiary/aromatic N) is 1. The summed E-state index contributed by atoms with van der Waals surface area (Å²) in [5.41, 5.74) is 1.98. The van der Waals surface area contributed by atoms with Crippen LogP contribution in [0.2, 0.25) is 5.02 Å². The molecule has 104 valence electrons. The zero-order valence-electron chi connectivity index (χ0n) is 10.7. The lowest BCUT2D eigenvalue weighted by Crippen LogP contribution is -2.04. The third-order valence-corrected chi connectivity index (χ3v) is 3.19. The summed E-state index contributed by atoms with van der Waals surface area (Å²) >= 11 is 5.70. The van der Waals surface area contributed by atoms with Gasteiger partial charge in [0.2, 0.25) is 0 Å². The van der Waals surface area contributed by atoms with Crippen molar-refractivity contribution in [1.82, 2.24) is 0 Å². The molecule has 0 aliphatic carbocycles. The van der Waals surface area contributed by atoms with Crippen molar-refractivity contribution in [3.63, 3.8) is 0 Å². The monoisotopic (exact) mass is 294 g/mol. The molecule has 0 atom stereocenters. The molecule has 0 aromatic heterocycles. The van der Waals surface area contributed by atoms with E-state index in [9.17, 15) is 14.5 Å². The van der Waals surface area contributed by atoms with E-state index in [-0.39, 0.29) is 10.7 Å². The second-order valence-corrected chi connectivity index (χ2v) is 4.74. The van der Waals surface area contributed by atoms with Gasteiger partial charge in [-0.2, -0.15) is 0 Å². The summed E-state index contributed by atoms with van der Waals surface area (Å²) < 4.78 is 13.1. The summed E-state index contributed by atoms with van der Waals surface area (Å²) in [6.07, 6.45) is 0. The molecule has 1 N–H and O–H groups in total. The molecule has 0 unspecified atom stereocenters. The Morgan fingerprint density at radius 3 is 2.75 bits per heavy atom. The molecule has 0 amide bonds. The van der Waals surface area contributed by atoms with E-state index in [2.05, 4.69) is 5.32 Å². The van der Waals surface area contributed by atoms with Gasteiger partial charge in [-0.05, 0) is 30.2 Å². The molecule has 0 fully saturated rings. The van der Waals surface area contributed by atoms with Gasteiger partial charge >= 0.3 is 0 Å². The molecule has 0 spiro atoms. The Hall–Kier alpha value is -2.14. The Labute approximate surface area is 120 Å². The van der Waals surface area contributed by atoms with E-state index in [4.69, 9.17) is 11.6 Å². The molecular formula is C14H12ClFN2O2. The van der Waals surface area contributed by atoms with Crippen molar-refractivity contribution in [2.75, 3.05) is 5.32 Å². The van der Waals surface area contributed by atoms with Gasteiger partial charge in [-0.1, -0.05) is 29.8 Å². The second-order valence-electron chi connectivity index (χ2n) is 4.33. The predicted octanol–water partition coefficient (Wildman–Crippen LogP) is 4.31. The van der Waals surface area contributed by atoms with Crippen LogP contribution >= 0.6 is 11.6 Å². The lowest BCUT2D eigenvalue weighted by Gasteiger charge is -2.10. The number of aryl methyl sites for hydroxylation is 1. The minimum Gasteiger partial charge on any atom is -0.375 e. The van der Waals surface area contributed by atoms with Gasteiger partial charge in [0.05, 0.1) is 9.95 Å². The van der Waals surface area contributed by atoms with Crippen molar-refractivity contribution in [2.24, 2.45) is 0 Å². The average molecular weight is 295 g/mol. The smallest absolute Gasteiger partial charge is 0.292 e. The topological polar surface area (TPSA) is 55.2 Å². The molecule has 0 aliphatic heterocycles. The Kier molecular flexibility index (Phi) is 4.20. The summed E-state index contributed by atoms with van der Waals surface area (Å²) in [6.45, 7) is 2.11. The zero-order valence-corrected chi connectivity index (χ0v) is 11.4. The van der Waals surface area contributed by atoms with E-state index < -0.39 is 10.7 Å². The fourth-order valence-corrected chi connectivity index (χ4v) is 2.08. The molecule has 0 saturated carbocycles. The van der Waals surface area contributed by atoms with Crippen LogP contribution in [0.1, 0.15) is 11.1 Å². The molecule has 2 rings (SSSR count). The first-order valence-electron chi connectivity index (χ1n) is 5.91. The first-order valence-corrected chi connectivity index (χ1v) is 6.28. The van der Waals surface area contributed by atoms with E-state index in [1.165, 1.54) is 18.2 Å². The maximum atomic E-state index is 13.1. The van der Waals surface area contributed by atoms with Crippen LogP contribution < -0.4 is 5.32 Å². The first kappa shape index (κ1) is 14.3. The van der Waals surface area contributed by atoms with Gasteiger partial charge in [0.15, 0.2) is 0 Å². The summed E-state index contributed by atoms with van der Waals surface area (Å²) in [6, 6.07) is 9.20. The molecular weight excluding hydrogens is 283 g/mol. The highest BCUT2D eigenvalue weighted by atomic mass is 35.5. The fraction of sp³-hybridized carbons (Fsp3) is 0.143. The molecule has 20 heavy (non-hydrogen) atoms. The van der Waals surface area contributed by atoms with Crippen LogP contribution in [0, 0.1) is 22.9 Å². The average Bonchev–Trinajstić information content (AvgIpc) is 2.40. The molecule has 2 aromatic carbocycles. The Morgan fingerprint density at radius 1 is 1.35 bits per heavy atom. The van der Waals surface area contributed by atoms with E-state index in [1.54, 1.807) is 25.1 Å². The quantitative estimate of drug-likeness (QED) is 0.675. The SMILES string of the molecule is Cc1cccc([N+](=O)[O-])c1NCc1ccc(F)c(Cl)c1. The van der Waals surface area contributed by atoms with Crippen molar-refractivity contribution < 1.29 is 9.31 Å². The number of anilines is 1. The van der Waals surface area contributed by atoms with Crippen LogP contribution in [0.5, 0.6) is 0 Å². The van der Waals surface area contributed by atoms with Crippen LogP contribution in [0.15, 0.2) is 36.4 Å². The number of benzene rings is 2. The van der Waals surface area contributed by atoms with Crippen molar-refractivity contribution in [3.05, 3.63) is 68.5 Å². The Bertz CT molecular complexity index is 662. The highest BCUT2D eigenvalue weighted by Gasteiger charge is 2.15. The first-order chi connectivity index (χ1) is 9.49. The lowest BCUT2D eigenvalue weighted by molar-refractivity contribution is -0.384. The minimum atomic E-state index is -0.489. The van der Waals surface area contributed by atoms with Crippen LogP contribution in [-0.2, 0) is 6.54 Å². The third-order valence-electron chi connectivity index (χ3n) is 2.90. The standard InChI is InChI=1S/C14H12ClFN2O2/c1-9-3-2-4-13(18(19)20)14(9)17-8-10-5-6-12(16)11(15)7-10/h2-7,17H,8H2,1H3. The van der Waals surface area contributed by atoms with Gasteiger partial charge < -0.3 is 5.32 Å². The van der Waals surface area contributed by atoms with Crippen LogP contribution in [0.4, 0.5) is 15.8 Å². The Balaban J connectivity index is 2.22.